The summed E-state index contributed by atoms with van der Waals surface area (Å²) in [5.41, 5.74) is 7.12. The van der Waals surface area contributed by atoms with Gasteiger partial charge in [-0.25, -0.2) is 8.78 Å². The van der Waals surface area contributed by atoms with Crippen molar-refractivity contribution in [3.63, 3.8) is 0 Å². The van der Waals surface area contributed by atoms with Crippen LogP contribution < -0.4 is 5.73 Å². The quantitative estimate of drug-likeness (QED) is 0.891. The van der Waals surface area contributed by atoms with Gasteiger partial charge in [0, 0.05) is 5.56 Å². The zero-order chi connectivity index (χ0) is 14.0. The average Bonchev–Trinajstić information content (AvgIpc) is 2.41. The second-order valence-corrected chi connectivity index (χ2v) is 4.77. The Morgan fingerprint density at radius 1 is 1.05 bits per heavy atom. The summed E-state index contributed by atoms with van der Waals surface area (Å²) in [6.45, 7) is 3.57. The zero-order valence-electron chi connectivity index (χ0n) is 11.1. The Kier molecular flexibility index (Phi) is 3.67. The average molecular weight is 261 g/mol. The zero-order valence-corrected chi connectivity index (χ0v) is 11.1. The minimum Gasteiger partial charge on any atom is -0.318 e. The highest BCUT2D eigenvalue weighted by Crippen LogP contribution is 2.32. The molecule has 0 aliphatic carbocycles. The van der Waals surface area contributed by atoms with Gasteiger partial charge in [-0.15, -0.1) is 0 Å². The van der Waals surface area contributed by atoms with E-state index in [1.165, 1.54) is 12.1 Å². The van der Waals surface area contributed by atoms with Gasteiger partial charge in [-0.2, -0.15) is 0 Å². The normalized spacial score (nSPS) is 14.2. The highest BCUT2D eigenvalue weighted by atomic mass is 19.1. The molecule has 0 bridgehead atoms. The van der Waals surface area contributed by atoms with Gasteiger partial charge in [-0.3, -0.25) is 0 Å². The van der Waals surface area contributed by atoms with Gasteiger partial charge >= 0.3 is 0 Å². The van der Waals surface area contributed by atoms with Crippen molar-refractivity contribution in [2.24, 2.45) is 5.73 Å². The van der Waals surface area contributed by atoms with Gasteiger partial charge in [0.2, 0.25) is 0 Å². The Balaban J connectivity index is 2.60. The smallest absolute Gasteiger partial charge is 0.128 e. The molecule has 0 aliphatic heterocycles. The fraction of sp³-hybridized carbons (Fsp3) is 0.250. The predicted octanol–water partition coefficient (Wildman–Crippen LogP) is 3.89. The van der Waals surface area contributed by atoms with E-state index < -0.39 is 5.54 Å². The summed E-state index contributed by atoms with van der Waals surface area (Å²) in [6.07, 6.45) is 0.527. The van der Waals surface area contributed by atoms with Gasteiger partial charge in [0.1, 0.15) is 11.6 Å². The Labute approximate surface area is 112 Å². The molecule has 2 rings (SSSR count). The number of rotatable bonds is 3. The molecule has 0 saturated heterocycles. The third kappa shape index (κ3) is 2.38. The monoisotopic (exact) mass is 261 g/mol. The first-order valence-electron chi connectivity index (χ1n) is 6.29. The van der Waals surface area contributed by atoms with Gasteiger partial charge in [0.05, 0.1) is 5.54 Å². The molecule has 3 heteroatoms. The molecule has 1 unspecified atom stereocenters. The summed E-state index contributed by atoms with van der Waals surface area (Å²) in [5.74, 6) is -0.621. The molecule has 100 valence electrons. The van der Waals surface area contributed by atoms with Crippen LogP contribution in [0.4, 0.5) is 8.78 Å². The van der Waals surface area contributed by atoms with Gasteiger partial charge in [-0.05, 0) is 36.6 Å². The van der Waals surface area contributed by atoms with Crippen LogP contribution >= 0.6 is 0 Å². The molecule has 2 aromatic rings. The van der Waals surface area contributed by atoms with E-state index in [-0.39, 0.29) is 11.6 Å². The van der Waals surface area contributed by atoms with Crippen LogP contribution in [-0.4, -0.2) is 0 Å². The van der Waals surface area contributed by atoms with Crippen LogP contribution in [0.15, 0.2) is 42.5 Å². The Hall–Kier alpha value is -1.74. The van der Waals surface area contributed by atoms with E-state index in [0.29, 0.717) is 17.5 Å². The van der Waals surface area contributed by atoms with E-state index in [1.54, 1.807) is 37.3 Å². The molecule has 0 saturated carbocycles. The van der Waals surface area contributed by atoms with Crippen molar-refractivity contribution in [2.45, 2.75) is 25.8 Å². The van der Waals surface area contributed by atoms with E-state index >= 15 is 0 Å². The third-order valence-electron chi connectivity index (χ3n) is 3.59. The van der Waals surface area contributed by atoms with Crippen molar-refractivity contribution in [2.75, 3.05) is 0 Å². The molecule has 0 heterocycles. The molecule has 1 nitrogen and oxygen atoms in total. The molecule has 0 spiro atoms. The maximum atomic E-state index is 14.0. The van der Waals surface area contributed by atoms with Gasteiger partial charge in [0.15, 0.2) is 0 Å². The molecule has 1 atom stereocenters. The summed E-state index contributed by atoms with van der Waals surface area (Å²) < 4.78 is 27.3. The highest BCUT2D eigenvalue weighted by molar-refractivity contribution is 5.40. The number of aryl methyl sites for hydroxylation is 1. The SMILES string of the molecule is CCC(N)(c1ccc(F)c(C)c1)c1ccccc1F. The van der Waals surface area contributed by atoms with Gasteiger partial charge in [-0.1, -0.05) is 37.3 Å². The van der Waals surface area contributed by atoms with E-state index in [2.05, 4.69) is 0 Å². The summed E-state index contributed by atoms with van der Waals surface area (Å²) in [7, 11) is 0. The predicted molar refractivity (Wildman–Crippen MR) is 72.8 cm³/mol. The van der Waals surface area contributed by atoms with E-state index in [9.17, 15) is 8.78 Å². The Morgan fingerprint density at radius 3 is 2.32 bits per heavy atom. The van der Waals surface area contributed by atoms with Crippen molar-refractivity contribution in [3.05, 3.63) is 70.8 Å². The first-order chi connectivity index (χ1) is 8.99. The second-order valence-electron chi connectivity index (χ2n) is 4.77. The number of hydrogen-bond acceptors (Lipinski definition) is 1. The maximum Gasteiger partial charge on any atom is 0.128 e. The Morgan fingerprint density at radius 2 is 1.74 bits per heavy atom. The lowest BCUT2D eigenvalue weighted by Crippen LogP contribution is -2.38. The van der Waals surface area contributed by atoms with Crippen molar-refractivity contribution in [1.82, 2.24) is 0 Å². The second kappa shape index (κ2) is 5.10. The largest absolute Gasteiger partial charge is 0.318 e. The lowest BCUT2D eigenvalue weighted by molar-refractivity contribution is 0.478. The van der Waals surface area contributed by atoms with Crippen LogP contribution in [0.2, 0.25) is 0 Å². The standard InChI is InChI=1S/C16H17F2N/c1-3-16(19,13-6-4-5-7-15(13)18)12-8-9-14(17)11(2)10-12/h4-10H,3,19H2,1-2H3. The molecule has 0 aliphatic rings. The first kappa shape index (κ1) is 13.7. The van der Waals surface area contributed by atoms with Crippen LogP contribution in [0.25, 0.3) is 0 Å². The van der Waals surface area contributed by atoms with E-state index in [4.69, 9.17) is 5.73 Å². The molecule has 0 radical (unpaired) electrons. The van der Waals surface area contributed by atoms with Crippen LogP contribution in [-0.2, 0) is 5.54 Å². The molecule has 2 aromatic carbocycles. The van der Waals surface area contributed by atoms with Crippen molar-refractivity contribution in [3.8, 4) is 0 Å². The molecule has 0 amide bonds. The molecule has 19 heavy (non-hydrogen) atoms. The van der Waals surface area contributed by atoms with Crippen molar-refractivity contribution in [1.29, 1.82) is 0 Å². The molecule has 0 aromatic heterocycles. The molecular formula is C16H17F2N. The summed E-state index contributed by atoms with van der Waals surface area (Å²) >= 11 is 0. The fourth-order valence-corrected chi connectivity index (χ4v) is 2.30. The minimum absolute atomic E-state index is 0.282. The number of benzene rings is 2. The molecule has 2 N–H and O–H groups in total. The molecular weight excluding hydrogens is 244 g/mol. The lowest BCUT2D eigenvalue weighted by atomic mass is 9.81. The van der Waals surface area contributed by atoms with E-state index in [0.717, 1.165) is 5.56 Å². The van der Waals surface area contributed by atoms with Crippen molar-refractivity contribution >= 4 is 0 Å². The summed E-state index contributed by atoms with van der Waals surface area (Å²) in [5, 5.41) is 0. The fourth-order valence-electron chi connectivity index (χ4n) is 2.30. The van der Waals surface area contributed by atoms with Crippen LogP contribution in [0.5, 0.6) is 0 Å². The van der Waals surface area contributed by atoms with Crippen LogP contribution in [0.3, 0.4) is 0 Å². The first-order valence-corrected chi connectivity index (χ1v) is 6.29. The van der Waals surface area contributed by atoms with Crippen molar-refractivity contribution < 1.29 is 8.78 Å². The summed E-state index contributed by atoms with van der Waals surface area (Å²) in [4.78, 5) is 0. The highest BCUT2D eigenvalue weighted by Gasteiger charge is 2.30. The molecule has 0 fully saturated rings. The maximum absolute atomic E-state index is 14.0. The van der Waals surface area contributed by atoms with Gasteiger partial charge < -0.3 is 5.73 Å². The number of nitrogens with two attached hydrogens (primary N) is 1. The minimum atomic E-state index is -0.941. The lowest BCUT2D eigenvalue weighted by Gasteiger charge is -2.30. The summed E-state index contributed by atoms with van der Waals surface area (Å²) in [6, 6.07) is 11.1. The number of halogens is 2. The Bertz CT molecular complexity index is 595. The third-order valence-corrected chi connectivity index (χ3v) is 3.59. The number of hydrogen-bond donors (Lipinski definition) is 1. The van der Waals surface area contributed by atoms with Crippen LogP contribution in [0, 0.1) is 18.6 Å². The van der Waals surface area contributed by atoms with Gasteiger partial charge in [0.25, 0.3) is 0 Å². The topological polar surface area (TPSA) is 26.0 Å². The van der Waals surface area contributed by atoms with E-state index in [1.807, 2.05) is 6.92 Å². The van der Waals surface area contributed by atoms with Crippen LogP contribution in [0.1, 0.15) is 30.0 Å².